The van der Waals surface area contributed by atoms with Gasteiger partial charge >= 0.3 is 0 Å². The first kappa shape index (κ1) is 14.0. The van der Waals surface area contributed by atoms with Gasteiger partial charge in [-0.2, -0.15) is 0 Å². The summed E-state index contributed by atoms with van der Waals surface area (Å²) >= 11 is 6.07. The van der Waals surface area contributed by atoms with Crippen molar-refractivity contribution in [3.8, 4) is 0 Å². The number of halogens is 1. The minimum atomic E-state index is -3.25. The average molecular weight is 300 g/mol. The molecule has 0 saturated carbocycles. The minimum absolute atomic E-state index is 0.0361. The zero-order valence-electron chi connectivity index (χ0n) is 10.6. The molecule has 0 fully saturated rings. The van der Waals surface area contributed by atoms with E-state index in [1.807, 2.05) is 13.0 Å². The number of benzene rings is 1. The lowest BCUT2D eigenvalue weighted by atomic mass is 10.1. The maximum absolute atomic E-state index is 11.5. The molecule has 0 bridgehead atoms. The maximum atomic E-state index is 11.5. The largest absolute Gasteiger partial charge is 0.472 e. The van der Waals surface area contributed by atoms with Crippen molar-refractivity contribution in [2.45, 2.75) is 17.9 Å². The Morgan fingerprint density at radius 3 is 2.63 bits per heavy atom. The van der Waals surface area contributed by atoms with Gasteiger partial charge in [0.2, 0.25) is 0 Å². The van der Waals surface area contributed by atoms with Gasteiger partial charge in [-0.25, -0.2) is 8.42 Å². The summed E-state index contributed by atoms with van der Waals surface area (Å²) in [5.74, 6) is 0. The fraction of sp³-hybridized carbons (Fsp3) is 0.231. The van der Waals surface area contributed by atoms with Crippen LogP contribution in [0, 0.1) is 0 Å². The summed E-state index contributed by atoms with van der Waals surface area (Å²) < 4.78 is 28.1. The van der Waals surface area contributed by atoms with Crippen LogP contribution in [0.5, 0.6) is 0 Å². The molecule has 102 valence electrons. The number of hydrogen-bond acceptors (Lipinski definition) is 4. The zero-order chi connectivity index (χ0) is 14.0. The van der Waals surface area contributed by atoms with Crippen LogP contribution in [0.3, 0.4) is 0 Å². The first-order chi connectivity index (χ1) is 8.88. The van der Waals surface area contributed by atoms with E-state index in [4.69, 9.17) is 16.0 Å². The van der Waals surface area contributed by atoms with Crippen LogP contribution < -0.4 is 5.32 Å². The Kier molecular flexibility index (Phi) is 3.87. The second-order valence-corrected chi connectivity index (χ2v) is 6.76. The highest BCUT2D eigenvalue weighted by molar-refractivity contribution is 7.90. The molecular weight excluding hydrogens is 286 g/mol. The Balaban J connectivity index is 2.30. The zero-order valence-corrected chi connectivity index (χ0v) is 12.1. The molecule has 1 aromatic carbocycles. The quantitative estimate of drug-likeness (QED) is 0.938. The average Bonchev–Trinajstić information content (AvgIpc) is 2.84. The third-order valence-electron chi connectivity index (χ3n) is 2.78. The van der Waals surface area contributed by atoms with E-state index in [-0.39, 0.29) is 10.9 Å². The SMILES string of the molecule is CC(Nc1cc(S(C)(=O)=O)ccc1Cl)c1ccoc1. The van der Waals surface area contributed by atoms with Gasteiger partial charge in [0, 0.05) is 11.8 Å². The number of anilines is 1. The summed E-state index contributed by atoms with van der Waals surface area (Å²) in [6.07, 6.45) is 4.38. The Morgan fingerprint density at radius 2 is 2.05 bits per heavy atom. The van der Waals surface area contributed by atoms with Gasteiger partial charge in [0.1, 0.15) is 0 Å². The van der Waals surface area contributed by atoms with Gasteiger partial charge < -0.3 is 9.73 Å². The van der Waals surface area contributed by atoms with E-state index in [1.165, 1.54) is 18.4 Å². The van der Waals surface area contributed by atoms with Crippen molar-refractivity contribution in [3.63, 3.8) is 0 Å². The van der Waals surface area contributed by atoms with E-state index >= 15 is 0 Å². The molecule has 0 aliphatic rings. The molecule has 1 unspecified atom stereocenters. The van der Waals surface area contributed by atoms with E-state index in [1.54, 1.807) is 18.6 Å². The van der Waals surface area contributed by atoms with Crippen LogP contribution in [0.1, 0.15) is 18.5 Å². The first-order valence-electron chi connectivity index (χ1n) is 5.66. The Hall–Kier alpha value is -1.46. The summed E-state index contributed by atoms with van der Waals surface area (Å²) in [6, 6.07) is 6.40. The Morgan fingerprint density at radius 1 is 1.32 bits per heavy atom. The smallest absolute Gasteiger partial charge is 0.175 e. The van der Waals surface area contributed by atoms with Crippen LogP contribution >= 0.6 is 11.6 Å². The van der Waals surface area contributed by atoms with Crippen molar-refractivity contribution in [2.75, 3.05) is 11.6 Å². The highest BCUT2D eigenvalue weighted by Crippen LogP contribution is 2.28. The van der Waals surface area contributed by atoms with Gasteiger partial charge in [0.05, 0.1) is 34.2 Å². The molecule has 0 aliphatic heterocycles. The molecule has 1 heterocycles. The van der Waals surface area contributed by atoms with E-state index in [2.05, 4.69) is 5.32 Å². The highest BCUT2D eigenvalue weighted by atomic mass is 35.5. The van der Waals surface area contributed by atoms with Gasteiger partial charge in [-0.05, 0) is 31.2 Å². The molecule has 0 aliphatic carbocycles. The molecule has 6 heteroatoms. The summed E-state index contributed by atoms with van der Waals surface area (Å²) in [7, 11) is -3.25. The summed E-state index contributed by atoms with van der Waals surface area (Å²) in [5, 5.41) is 3.64. The fourth-order valence-corrected chi connectivity index (χ4v) is 2.50. The molecule has 1 N–H and O–H groups in total. The predicted octanol–water partition coefficient (Wildman–Crippen LogP) is 3.51. The molecule has 0 amide bonds. The molecular formula is C13H14ClNO3S. The number of sulfone groups is 1. The van der Waals surface area contributed by atoms with Crippen LogP contribution in [-0.4, -0.2) is 14.7 Å². The number of nitrogens with one attached hydrogen (secondary N) is 1. The number of rotatable bonds is 4. The molecule has 0 spiro atoms. The van der Waals surface area contributed by atoms with E-state index in [9.17, 15) is 8.42 Å². The molecule has 1 aromatic heterocycles. The van der Waals surface area contributed by atoms with Gasteiger partial charge in [0.25, 0.3) is 0 Å². The summed E-state index contributed by atoms with van der Waals surface area (Å²) in [6.45, 7) is 1.94. The molecule has 0 radical (unpaired) electrons. The third-order valence-corrected chi connectivity index (χ3v) is 4.22. The molecule has 4 nitrogen and oxygen atoms in total. The van der Waals surface area contributed by atoms with Crippen LogP contribution in [0.15, 0.2) is 46.1 Å². The van der Waals surface area contributed by atoms with Crippen molar-refractivity contribution in [3.05, 3.63) is 47.4 Å². The first-order valence-corrected chi connectivity index (χ1v) is 7.93. The Bertz CT molecular complexity index is 665. The molecule has 2 aromatic rings. The standard InChI is InChI=1S/C13H14ClNO3S/c1-9(10-5-6-18-8-10)15-13-7-11(19(2,16)17)3-4-12(13)14/h3-9,15H,1-2H3. The lowest BCUT2D eigenvalue weighted by Gasteiger charge is -2.15. The summed E-state index contributed by atoms with van der Waals surface area (Å²) in [5.41, 5.74) is 1.54. The molecule has 0 saturated heterocycles. The van der Waals surface area contributed by atoms with Gasteiger partial charge in [-0.15, -0.1) is 0 Å². The van der Waals surface area contributed by atoms with Crippen LogP contribution in [0.25, 0.3) is 0 Å². The molecule has 2 rings (SSSR count). The van der Waals surface area contributed by atoms with Crippen molar-refractivity contribution in [1.29, 1.82) is 0 Å². The number of furan rings is 1. The topological polar surface area (TPSA) is 59.3 Å². The van der Waals surface area contributed by atoms with Gasteiger partial charge in [-0.1, -0.05) is 11.6 Å². The van der Waals surface area contributed by atoms with Crippen LogP contribution in [0.2, 0.25) is 5.02 Å². The van der Waals surface area contributed by atoms with Crippen molar-refractivity contribution in [2.24, 2.45) is 0 Å². The second-order valence-electron chi connectivity index (χ2n) is 4.34. The Labute approximate surface area is 117 Å². The highest BCUT2D eigenvalue weighted by Gasteiger charge is 2.13. The summed E-state index contributed by atoms with van der Waals surface area (Å²) in [4.78, 5) is 0.235. The fourth-order valence-electron chi connectivity index (χ4n) is 1.68. The van der Waals surface area contributed by atoms with E-state index in [0.717, 1.165) is 5.56 Å². The minimum Gasteiger partial charge on any atom is -0.472 e. The third kappa shape index (κ3) is 3.30. The predicted molar refractivity (Wildman–Crippen MR) is 75.3 cm³/mol. The molecule has 1 atom stereocenters. The van der Waals surface area contributed by atoms with Crippen molar-refractivity contribution < 1.29 is 12.8 Å². The number of hydrogen-bond donors (Lipinski definition) is 1. The van der Waals surface area contributed by atoms with Crippen LogP contribution in [0.4, 0.5) is 5.69 Å². The monoisotopic (exact) mass is 299 g/mol. The molecule has 19 heavy (non-hydrogen) atoms. The van der Waals surface area contributed by atoms with Crippen molar-refractivity contribution in [1.82, 2.24) is 0 Å². The van der Waals surface area contributed by atoms with E-state index < -0.39 is 9.84 Å². The maximum Gasteiger partial charge on any atom is 0.175 e. The van der Waals surface area contributed by atoms with Gasteiger partial charge in [-0.3, -0.25) is 0 Å². The van der Waals surface area contributed by atoms with Gasteiger partial charge in [0.15, 0.2) is 9.84 Å². The van der Waals surface area contributed by atoms with Crippen LogP contribution in [-0.2, 0) is 9.84 Å². The second kappa shape index (κ2) is 5.27. The van der Waals surface area contributed by atoms with E-state index in [0.29, 0.717) is 10.7 Å². The lowest BCUT2D eigenvalue weighted by Crippen LogP contribution is -2.07. The lowest BCUT2D eigenvalue weighted by molar-refractivity contribution is 0.562. The normalized spacial score (nSPS) is 13.2. The van der Waals surface area contributed by atoms with Crippen molar-refractivity contribution >= 4 is 27.1 Å².